The summed E-state index contributed by atoms with van der Waals surface area (Å²) in [6, 6.07) is 6.13. The highest BCUT2D eigenvalue weighted by molar-refractivity contribution is 7.89. The Kier molecular flexibility index (Phi) is 3.70. The third-order valence-corrected chi connectivity index (χ3v) is 6.14. The third-order valence-electron chi connectivity index (χ3n) is 4.26. The molecule has 2 aliphatic rings. The van der Waals surface area contributed by atoms with E-state index in [1.54, 1.807) is 4.31 Å². The van der Waals surface area contributed by atoms with E-state index in [1.165, 1.54) is 37.1 Å². The van der Waals surface area contributed by atoms with Crippen molar-refractivity contribution < 1.29 is 13.5 Å². The quantitative estimate of drug-likeness (QED) is 0.912. The van der Waals surface area contributed by atoms with E-state index in [1.807, 2.05) is 0 Å². The molecule has 3 rings (SSSR count). The van der Waals surface area contributed by atoms with E-state index in [9.17, 15) is 13.5 Å². The largest absolute Gasteiger partial charge is 0.508 e. The molecule has 1 aromatic rings. The fourth-order valence-electron chi connectivity index (χ4n) is 3.10. The van der Waals surface area contributed by atoms with Gasteiger partial charge in [-0.25, -0.2) is 8.42 Å². The van der Waals surface area contributed by atoms with Gasteiger partial charge >= 0.3 is 0 Å². The summed E-state index contributed by atoms with van der Waals surface area (Å²) in [5.41, 5.74) is 0. The Morgan fingerprint density at radius 3 is 2.35 bits per heavy atom. The lowest BCUT2D eigenvalue weighted by molar-refractivity contribution is 0.251. The average Bonchev–Trinajstić information content (AvgIpc) is 3.10. The van der Waals surface area contributed by atoms with Crippen molar-refractivity contribution in [2.24, 2.45) is 0 Å². The summed E-state index contributed by atoms with van der Waals surface area (Å²) in [7, 11) is -3.42. The molecule has 20 heavy (non-hydrogen) atoms. The van der Waals surface area contributed by atoms with Gasteiger partial charge in [0, 0.05) is 19.1 Å². The van der Waals surface area contributed by atoms with Crippen LogP contribution in [0.25, 0.3) is 0 Å². The van der Waals surface area contributed by atoms with Crippen LogP contribution in [0.3, 0.4) is 0 Å². The van der Waals surface area contributed by atoms with Crippen molar-refractivity contribution in [3.63, 3.8) is 0 Å². The van der Waals surface area contributed by atoms with E-state index in [2.05, 4.69) is 4.90 Å². The lowest BCUT2D eigenvalue weighted by Gasteiger charge is -2.23. The molecule has 2 fully saturated rings. The van der Waals surface area contributed by atoms with Gasteiger partial charge in [-0.1, -0.05) is 0 Å². The Hall–Kier alpha value is -1.11. The van der Waals surface area contributed by atoms with Gasteiger partial charge in [-0.3, -0.25) is 4.90 Å². The van der Waals surface area contributed by atoms with Gasteiger partial charge < -0.3 is 5.11 Å². The highest BCUT2D eigenvalue weighted by Crippen LogP contribution is 2.26. The van der Waals surface area contributed by atoms with Gasteiger partial charge in [-0.2, -0.15) is 4.31 Å². The van der Waals surface area contributed by atoms with Crippen LogP contribution in [0.2, 0.25) is 0 Å². The van der Waals surface area contributed by atoms with Crippen LogP contribution in [0, 0.1) is 0 Å². The van der Waals surface area contributed by atoms with E-state index in [0.29, 0.717) is 19.1 Å². The second-order valence-corrected chi connectivity index (χ2v) is 7.48. The zero-order valence-electron chi connectivity index (χ0n) is 11.4. The summed E-state index contributed by atoms with van der Waals surface area (Å²) in [6.07, 6.45) is 3.36. The number of phenolic OH excluding ortho intramolecular Hbond substituents is 1. The van der Waals surface area contributed by atoms with Crippen LogP contribution in [0.5, 0.6) is 5.75 Å². The maximum atomic E-state index is 12.5. The molecule has 110 valence electrons. The van der Waals surface area contributed by atoms with Crippen molar-refractivity contribution in [2.45, 2.75) is 30.2 Å². The van der Waals surface area contributed by atoms with Gasteiger partial charge in [0.05, 0.1) is 4.90 Å². The molecule has 1 N–H and O–H groups in total. The molecular weight excluding hydrogens is 276 g/mol. The molecule has 2 aliphatic heterocycles. The van der Waals surface area contributed by atoms with Crippen LogP contribution in [0.4, 0.5) is 0 Å². The van der Waals surface area contributed by atoms with Crippen LogP contribution in [-0.4, -0.2) is 55.0 Å². The molecule has 0 bridgehead atoms. The van der Waals surface area contributed by atoms with Gasteiger partial charge in [0.2, 0.25) is 10.0 Å². The van der Waals surface area contributed by atoms with Crippen LogP contribution >= 0.6 is 0 Å². The topological polar surface area (TPSA) is 60.9 Å². The number of sulfonamides is 1. The first-order valence-electron chi connectivity index (χ1n) is 7.10. The Labute approximate surface area is 119 Å². The van der Waals surface area contributed by atoms with E-state index in [4.69, 9.17) is 0 Å². The fraction of sp³-hybridized carbons (Fsp3) is 0.571. The minimum absolute atomic E-state index is 0.0836. The molecule has 2 saturated heterocycles. The summed E-state index contributed by atoms with van der Waals surface area (Å²) >= 11 is 0. The number of rotatable bonds is 3. The van der Waals surface area contributed by atoms with E-state index in [-0.39, 0.29) is 10.6 Å². The second-order valence-electron chi connectivity index (χ2n) is 5.54. The molecule has 5 nitrogen and oxygen atoms in total. The lowest BCUT2D eigenvalue weighted by atomic mass is 10.2. The summed E-state index contributed by atoms with van der Waals surface area (Å²) < 4.78 is 26.6. The minimum atomic E-state index is -3.42. The predicted octanol–water partition coefficient (Wildman–Crippen LogP) is 1.25. The van der Waals surface area contributed by atoms with Crippen molar-refractivity contribution in [3.8, 4) is 5.75 Å². The van der Waals surface area contributed by atoms with E-state index >= 15 is 0 Å². The maximum Gasteiger partial charge on any atom is 0.243 e. The molecule has 6 heteroatoms. The normalized spacial score (nSPS) is 25.3. The Bertz CT molecular complexity index is 565. The van der Waals surface area contributed by atoms with Crippen LogP contribution < -0.4 is 0 Å². The summed E-state index contributed by atoms with van der Waals surface area (Å²) in [4.78, 5) is 2.67. The second kappa shape index (κ2) is 5.35. The smallest absolute Gasteiger partial charge is 0.243 e. The standard InChI is InChI=1S/C14H20N2O3S/c17-13-3-5-14(6-4-13)20(18,19)16-10-7-12(11-16)15-8-1-2-9-15/h3-6,12,17H,1-2,7-11H2. The molecule has 0 aromatic heterocycles. The highest BCUT2D eigenvalue weighted by atomic mass is 32.2. The Morgan fingerprint density at radius 2 is 1.70 bits per heavy atom. The van der Waals surface area contributed by atoms with Crippen LogP contribution in [0.1, 0.15) is 19.3 Å². The number of likely N-dealkylation sites (tertiary alicyclic amines) is 1. The first-order chi connectivity index (χ1) is 9.57. The molecule has 0 amide bonds. The Balaban J connectivity index is 1.74. The van der Waals surface area contributed by atoms with Crippen LogP contribution in [-0.2, 0) is 10.0 Å². The molecule has 1 aromatic carbocycles. The summed E-state index contributed by atoms with van der Waals surface area (Å²) in [5.74, 6) is 0.0836. The minimum Gasteiger partial charge on any atom is -0.508 e. The van der Waals surface area contributed by atoms with Crippen molar-refractivity contribution in [1.82, 2.24) is 9.21 Å². The molecule has 1 unspecified atom stereocenters. The van der Waals surface area contributed by atoms with Crippen molar-refractivity contribution in [2.75, 3.05) is 26.2 Å². The number of nitrogens with zero attached hydrogens (tertiary/aromatic N) is 2. The zero-order chi connectivity index (χ0) is 14.2. The molecule has 0 saturated carbocycles. The van der Waals surface area contributed by atoms with E-state index < -0.39 is 10.0 Å². The van der Waals surface area contributed by atoms with Gasteiger partial charge in [0.15, 0.2) is 0 Å². The first kappa shape index (κ1) is 13.9. The van der Waals surface area contributed by atoms with E-state index in [0.717, 1.165) is 19.5 Å². The molecule has 2 heterocycles. The monoisotopic (exact) mass is 296 g/mol. The summed E-state index contributed by atoms with van der Waals surface area (Å²) in [6.45, 7) is 3.36. The molecular formula is C14H20N2O3S. The third kappa shape index (κ3) is 2.55. The predicted molar refractivity (Wildman–Crippen MR) is 76.1 cm³/mol. The average molecular weight is 296 g/mol. The zero-order valence-corrected chi connectivity index (χ0v) is 12.2. The number of hydrogen-bond donors (Lipinski definition) is 1. The number of benzene rings is 1. The highest BCUT2D eigenvalue weighted by Gasteiger charge is 2.35. The lowest BCUT2D eigenvalue weighted by Crippen LogP contribution is -2.37. The molecule has 1 atom stereocenters. The van der Waals surface area contributed by atoms with Crippen molar-refractivity contribution >= 4 is 10.0 Å². The molecule has 0 aliphatic carbocycles. The fourth-order valence-corrected chi connectivity index (χ4v) is 4.59. The first-order valence-corrected chi connectivity index (χ1v) is 8.54. The molecule has 0 spiro atoms. The number of hydrogen-bond acceptors (Lipinski definition) is 4. The van der Waals surface area contributed by atoms with Crippen molar-refractivity contribution in [3.05, 3.63) is 24.3 Å². The SMILES string of the molecule is O=S(=O)(c1ccc(O)cc1)N1CCC(N2CCCC2)C1. The van der Waals surface area contributed by atoms with Gasteiger partial charge in [-0.05, 0) is 56.6 Å². The van der Waals surface area contributed by atoms with Gasteiger partial charge in [0.1, 0.15) is 5.75 Å². The van der Waals surface area contributed by atoms with Gasteiger partial charge in [0.25, 0.3) is 0 Å². The number of phenols is 1. The van der Waals surface area contributed by atoms with Crippen molar-refractivity contribution in [1.29, 1.82) is 0 Å². The molecule has 0 radical (unpaired) electrons. The van der Waals surface area contributed by atoms with Gasteiger partial charge in [-0.15, -0.1) is 0 Å². The summed E-state index contributed by atoms with van der Waals surface area (Å²) in [5, 5.41) is 9.26. The maximum absolute atomic E-state index is 12.5. The number of aromatic hydroxyl groups is 1. The Morgan fingerprint density at radius 1 is 1.05 bits per heavy atom. The van der Waals surface area contributed by atoms with Crippen LogP contribution in [0.15, 0.2) is 29.2 Å².